The fourth-order valence-electron chi connectivity index (χ4n) is 2.95. The fourth-order valence-corrected chi connectivity index (χ4v) is 3.08. The second-order valence-corrected chi connectivity index (χ2v) is 7.66. The Labute approximate surface area is 182 Å². The average Bonchev–Trinajstić information content (AvgIpc) is 3.27. The molecule has 10 heteroatoms. The number of rotatable bonds is 8. The predicted molar refractivity (Wildman–Crippen MR) is 116 cm³/mol. The Hall–Kier alpha value is -2.59. The van der Waals surface area contributed by atoms with Crippen LogP contribution in [0, 0.1) is 5.92 Å². The van der Waals surface area contributed by atoms with E-state index in [1.807, 2.05) is 13.8 Å². The highest BCUT2D eigenvalue weighted by atomic mass is 32.1. The third-order valence-electron chi connectivity index (χ3n) is 4.66. The summed E-state index contributed by atoms with van der Waals surface area (Å²) in [5.41, 5.74) is 5.53. The molecule has 166 valence electrons. The van der Waals surface area contributed by atoms with Gasteiger partial charge >= 0.3 is 0 Å². The number of ether oxygens (including phenoxy) is 3. The van der Waals surface area contributed by atoms with E-state index in [0.29, 0.717) is 23.6 Å². The van der Waals surface area contributed by atoms with Gasteiger partial charge in [0, 0.05) is 24.8 Å². The molecular formula is C20H30N4O5S. The molecule has 0 bridgehead atoms. The first kappa shape index (κ1) is 23.7. The molecule has 1 fully saturated rings. The van der Waals surface area contributed by atoms with Crippen molar-refractivity contribution in [1.82, 2.24) is 21.5 Å². The molecule has 1 heterocycles. The summed E-state index contributed by atoms with van der Waals surface area (Å²) in [6, 6.07) is 4.05. The van der Waals surface area contributed by atoms with Crippen molar-refractivity contribution in [2.75, 3.05) is 27.4 Å². The molecule has 0 spiro atoms. The number of carbonyl (C=O) groups excluding carboxylic acids is 2. The second kappa shape index (κ2) is 11.6. The lowest BCUT2D eigenvalue weighted by Gasteiger charge is -2.23. The van der Waals surface area contributed by atoms with Crippen molar-refractivity contribution in [2.24, 2.45) is 5.92 Å². The molecule has 2 rings (SSSR count). The van der Waals surface area contributed by atoms with Crippen LogP contribution in [0.4, 0.5) is 0 Å². The van der Waals surface area contributed by atoms with Gasteiger partial charge in [0.2, 0.25) is 0 Å². The van der Waals surface area contributed by atoms with Gasteiger partial charge in [0.05, 0.1) is 20.3 Å². The summed E-state index contributed by atoms with van der Waals surface area (Å²) in [6.07, 6.45) is 2.15. The molecule has 2 unspecified atom stereocenters. The fraction of sp³-hybridized carbons (Fsp3) is 0.550. The summed E-state index contributed by atoms with van der Waals surface area (Å²) in [5.74, 6) is -0.0185. The number of amides is 2. The van der Waals surface area contributed by atoms with E-state index < -0.39 is 17.9 Å². The minimum absolute atomic E-state index is 0.128. The molecule has 30 heavy (non-hydrogen) atoms. The van der Waals surface area contributed by atoms with E-state index in [4.69, 9.17) is 26.4 Å². The first-order chi connectivity index (χ1) is 14.3. The topological polar surface area (TPSA) is 110 Å². The largest absolute Gasteiger partial charge is 0.497 e. The van der Waals surface area contributed by atoms with Crippen LogP contribution in [0.1, 0.15) is 37.0 Å². The van der Waals surface area contributed by atoms with E-state index in [9.17, 15) is 9.59 Å². The van der Waals surface area contributed by atoms with Crippen molar-refractivity contribution >= 4 is 29.1 Å². The molecule has 1 aromatic carbocycles. The maximum atomic E-state index is 12.7. The number of methoxy groups -OCH3 is 2. The van der Waals surface area contributed by atoms with Crippen LogP contribution in [0.15, 0.2) is 18.2 Å². The van der Waals surface area contributed by atoms with E-state index >= 15 is 0 Å². The van der Waals surface area contributed by atoms with E-state index in [2.05, 4.69) is 21.5 Å². The summed E-state index contributed by atoms with van der Waals surface area (Å²) in [7, 11) is 3.00. The molecule has 0 saturated carbocycles. The molecule has 2 amide bonds. The van der Waals surface area contributed by atoms with Crippen molar-refractivity contribution in [1.29, 1.82) is 0 Å². The van der Waals surface area contributed by atoms with Gasteiger partial charge in [-0.2, -0.15) is 0 Å². The molecule has 0 radical (unpaired) electrons. The molecule has 2 atom stereocenters. The van der Waals surface area contributed by atoms with Gasteiger partial charge in [0.1, 0.15) is 17.5 Å². The standard InChI is InChI=1S/C20H30N4O5S/c1-12(2)17(19(26)23-24-20(30)21-11-14-6-5-7-29-14)22-18(25)13-8-15(27-3)10-16(9-13)28-4/h8-10,12,14,17H,5-7,11H2,1-4H3,(H,22,25)(H,23,26)(H2,21,24,30). The molecule has 9 nitrogen and oxygen atoms in total. The minimum atomic E-state index is -0.775. The zero-order valence-electron chi connectivity index (χ0n) is 17.7. The number of hydrazine groups is 1. The van der Waals surface area contributed by atoms with Gasteiger partial charge in [0.15, 0.2) is 5.11 Å². The van der Waals surface area contributed by atoms with Gasteiger partial charge < -0.3 is 24.8 Å². The highest BCUT2D eigenvalue weighted by Crippen LogP contribution is 2.22. The molecule has 1 aliphatic rings. The molecule has 1 saturated heterocycles. The molecule has 4 N–H and O–H groups in total. The Bertz CT molecular complexity index is 730. The summed E-state index contributed by atoms with van der Waals surface area (Å²) >= 11 is 5.17. The normalized spacial score (nSPS) is 16.5. The van der Waals surface area contributed by atoms with Crippen LogP contribution in [-0.4, -0.2) is 56.4 Å². The number of carbonyl (C=O) groups is 2. The van der Waals surface area contributed by atoms with Crippen LogP contribution in [0.25, 0.3) is 0 Å². The average molecular weight is 439 g/mol. The number of thiocarbonyl (C=S) groups is 1. The van der Waals surface area contributed by atoms with Crippen molar-refractivity contribution in [3.8, 4) is 11.5 Å². The Balaban J connectivity index is 1.91. The number of hydrogen-bond donors (Lipinski definition) is 4. The molecule has 0 aliphatic carbocycles. The number of nitrogens with one attached hydrogen (secondary N) is 4. The lowest BCUT2D eigenvalue weighted by Crippen LogP contribution is -2.56. The third kappa shape index (κ3) is 7.03. The minimum Gasteiger partial charge on any atom is -0.497 e. The van der Waals surface area contributed by atoms with Crippen LogP contribution in [0.5, 0.6) is 11.5 Å². The Morgan fingerprint density at radius 2 is 1.83 bits per heavy atom. The van der Waals surface area contributed by atoms with Crippen LogP contribution >= 0.6 is 12.2 Å². The quantitative estimate of drug-likeness (QED) is 0.353. The Morgan fingerprint density at radius 1 is 1.17 bits per heavy atom. The maximum Gasteiger partial charge on any atom is 0.261 e. The summed E-state index contributed by atoms with van der Waals surface area (Å²) in [5, 5.41) is 6.04. The van der Waals surface area contributed by atoms with E-state index in [0.717, 1.165) is 19.4 Å². The molecule has 1 aromatic rings. The van der Waals surface area contributed by atoms with Crippen LogP contribution in [0.2, 0.25) is 0 Å². The van der Waals surface area contributed by atoms with Crippen molar-refractivity contribution in [3.05, 3.63) is 23.8 Å². The highest BCUT2D eigenvalue weighted by Gasteiger charge is 2.25. The molecule has 1 aliphatic heterocycles. The van der Waals surface area contributed by atoms with Gasteiger partial charge in [-0.1, -0.05) is 13.8 Å². The van der Waals surface area contributed by atoms with E-state index in [1.165, 1.54) is 14.2 Å². The van der Waals surface area contributed by atoms with E-state index in [-0.39, 0.29) is 17.1 Å². The lowest BCUT2D eigenvalue weighted by atomic mass is 10.0. The number of hydrogen-bond acceptors (Lipinski definition) is 6. The first-order valence-corrected chi connectivity index (χ1v) is 10.2. The van der Waals surface area contributed by atoms with Gasteiger partial charge in [0.25, 0.3) is 11.8 Å². The third-order valence-corrected chi connectivity index (χ3v) is 4.91. The summed E-state index contributed by atoms with van der Waals surface area (Å²) in [6.45, 7) is 5.01. The summed E-state index contributed by atoms with van der Waals surface area (Å²) < 4.78 is 15.9. The van der Waals surface area contributed by atoms with Gasteiger partial charge in [-0.15, -0.1) is 0 Å². The summed E-state index contributed by atoms with van der Waals surface area (Å²) in [4.78, 5) is 25.3. The SMILES string of the molecule is COc1cc(OC)cc(C(=O)NC(C(=O)NNC(=S)NCC2CCCO2)C(C)C)c1. The predicted octanol–water partition coefficient (Wildman–Crippen LogP) is 1.13. The van der Waals surface area contributed by atoms with Crippen molar-refractivity contribution in [3.63, 3.8) is 0 Å². The van der Waals surface area contributed by atoms with Crippen molar-refractivity contribution < 1.29 is 23.8 Å². The Kier molecular flexibility index (Phi) is 9.13. The van der Waals surface area contributed by atoms with Gasteiger partial charge in [-0.3, -0.25) is 20.4 Å². The zero-order valence-corrected chi connectivity index (χ0v) is 18.6. The van der Waals surface area contributed by atoms with Gasteiger partial charge in [-0.05, 0) is 43.1 Å². The van der Waals surface area contributed by atoms with Crippen LogP contribution < -0.4 is 31.0 Å². The van der Waals surface area contributed by atoms with Gasteiger partial charge in [-0.25, -0.2) is 0 Å². The monoisotopic (exact) mass is 438 g/mol. The van der Waals surface area contributed by atoms with Crippen LogP contribution in [0.3, 0.4) is 0 Å². The second-order valence-electron chi connectivity index (χ2n) is 7.26. The van der Waals surface area contributed by atoms with Crippen molar-refractivity contribution in [2.45, 2.75) is 38.8 Å². The van der Waals surface area contributed by atoms with E-state index in [1.54, 1.807) is 18.2 Å². The Morgan fingerprint density at radius 3 is 2.37 bits per heavy atom. The maximum absolute atomic E-state index is 12.7. The molecule has 0 aromatic heterocycles. The lowest BCUT2D eigenvalue weighted by molar-refractivity contribution is -0.124. The van der Waals surface area contributed by atoms with Crippen LogP contribution in [-0.2, 0) is 9.53 Å². The number of benzene rings is 1. The zero-order chi connectivity index (χ0) is 22.1. The highest BCUT2D eigenvalue weighted by molar-refractivity contribution is 7.80. The smallest absolute Gasteiger partial charge is 0.261 e. The first-order valence-electron chi connectivity index (χ1n) is 9.83. The molecular weight excluding hydrogens is 408 g/mol.